The molecule has 0 saturated carbocycles. The van der Waals surface area contributed by atoms with Gasteiger partial charge in [0.2, 0.25) is 6.23 Å². The second kappa shape index (κ2) is 7.29. The lowest BCUT2D eigenvalue weighted by Gasteiger charge is -2.38. The average molecular weight is 425 g/mol. The molecule has 2 aliphatic heterocycles. The molecule has 0 saturated heterocycles. The van der Waals surface area contributed by atoms with E-state index in [4.69, 9.17) is 37.8 Å². The highest BCUT2D eigenvalue weighted by Gasteiger charge is 2.41. The summed E-state index contributed by atoms with van der Waals surface area (Å²) in [6.07, 6.45) is 0.386. The number of benzene rings is 3. The van der Waals surface area contributed by atoms with Crippen LogP contribution in [-0.4, -0.2) is 17.8 Å². The highest BCUT2D eigenvalue weighted by Crippen LogP contribution is 2.48. The molecule has 0 radical (unpaired) electrons. The van der Waals surface area contributed by atoms with Crippen LogP contribution in [0.2, 0.25) is 10.0 Å². The second-order valence-electron chi connectivity index (χ2n) is 7.09. The highest BCUT2D eigenvalue weighted by molar-refractivity contribution is 6.31. The minimum absolute atomic E-state index is 0.0302. The van der Waals surface area contributed by atoms with Crippen molar-refractivity contribution in [1.82, 2.24) is 5.01 Å². The van der Waals surface area contributed by atoms with E-state index in [1.165, 1.54) is 0 Å². The quantitative estimate of drug-likeness (QED) is 0.498. The first kappa shape index (κ1) is 18.3. The number of rotatable bonds is 3. The number of hydrazone groups is 1. The maximum absolute atomic E-state index is 6.35. The van der Waals surface area contributed by atoms with Gasteiger partial charge in [-0.15, -0.1) is 0 Å². The third-order valence-corrected chi connectivity index (χ3v) is 5.76. The first-order valence-electron chi connectivity index (χ1n) is 9.34. The van der Waals surface area contributed by atoms with E-state index in [2.05, 4.69) is 0 Å². The Bertz CT molecular complexity index is 1120. The standard InChI is InChI=1S/C23H18Cl2N2O2/c1-28-18-7-3-4-14(11-18)20-13-21-19-12-17(25)8-9-22(19)29-23(27(21)26-20)15-5-2-6-16(24)10-15/h2-12,21,23H,13H2,1H3/t21-,23-/m0/s1. The van der Waals surface area contributed by atoms with Crippen LogP contribution in [0.3, 0.4) is 0 Å². The summed E-state index contributed by atoms with van der Waals surface area (Å²) < 4.78 is 11.7. The Labute approximate surface area is 179 Å². The summed E-state index contributed by atoms with van der Waals surface area (Å²) in [4.78, 5) is 0. The summed E-state index contributed by atoms with van der Waals surface area (Å²) in [6, 6.07) is 21.4. The minimum Gasteiger partial charge on any atom is -0.497 e. The second-order valence-corrected chi connectivity index (χ2v) is 7.96. The Balaban J connectivity index is 1.60. The molecule has 5 rings (SSSR count). The van der Waals surface area contributed by atoms with Crippen LogP contribution < -0.4 is 9.47 Å². The third kappa shape index (κ3) is 3.33. The summed E-state index contributed by atoms with van der Waals surface area (Å²) >= 11 is 12.5. The Morgan fingerprint density at radius 1 is 1.00 bits per heavy atom. The molecule has 4 nitrogen and oxygen atoms in total. The molecular weight excluding hydrogens is 407 g/mol. The fourth-order valence-corrected chi connectivity index (χ4v) is 4.29. The molecule has 2 aliphatic rings. The van der Waals surface area contributed by atoms with Crippen LogP contribution >= 0.6 is 23.2 Å². The van der Waals surface area contributed by atoms with Gasteiger partial charge in [-0.3, -0.25) is 0 Å². The first-order chi connectivity index (χ1) is 14.1. The molecule has 2 atom stereocenters. The van der Waals surface area contributed by atoms with E-state index in [0.717, 1.165) is 40.3 Å². The fourth-order valence-electron chi connectivity index (χ4n) is 3.92. The molecule has 0 unspecified atom stereocenters. The van der Waals surface area contributed by atoms with Crippen LogP contribution in [0.15, 0.2) is 71.8 Å². The number of hydrogen-bond donors (Lipinski definition) is 0. The number of ether oxygens (including phenoxy) is 2. The lowest BCUT2D eigenvalue weighted by molar-refractivity contribution is -0.0190. The van der Waals surface area contributed by atoms with Gasteiger partial charge in [-0.2, -0.15) is 5.10 Å². The molecule has 0 fully saturated rings. The largest absolute Gasteiger partial charge is 0.497 e. The van der Waals surface area contributed by atoms with Crippen molar-refractivity contribution in [2.45, 2.75) is 18.7 Å². The average Bonchev–Trinajstić information content (AvgIpc) is 3.19. The first-order valence-corrected chi connectivity index (χ1v) is 10.1. The summed E-state index contributed by atoms with van der Waals surface area (Å²) in [6.45, 7) is 0. The van der Waals surface area contributed by atoms with Crippen LogP contribution in [0.1, 0.15) is 35.4 Å². The predicted octanol–water partition coefficient (Wildman–Crippen LogP) is 6.24. The zero-order valence-corrected chi connectivity index (χ0v) is 17.2. The highest BCUT2D eigenvalue weighted by atomic mass is 35.5. The summed E-state index contributed by atoms with van der Waals surface area (Å²) in [5.41, 5.74) is 4.01. The molecule has 6 heteroatoms. The predicted molar refractivity (Wildman–Crippen MR) is 115 cm³/mol. The van der Waals surface area contributed by atoms with E-state index in [0.29, 0.717) is 10.0 Å². The van der Waals surface area contributed by atoms with Gasteiger partial charge in [-0.05, 0) is 42.5 Å². The van der Waals surface area contributed by atoms with Gasteiger partial charge in [-0.25, -0.2) is 5.01 Å². The number of hydrogen-bond acceptors (Lipinski definition) is 4. The van der Waals surface area contributed by atoms with E-state index in [1.54, 1.807) is 7.11 Å². The molecule has 0 aromatic heterocycles. The van der Waals surface area contributed by atoms with Gasteiger partial charge in [0.05, 0.1) is 18.9 Å². The maximum Gasteiger partial charge on any atom is 0.213 e. The normalized spacial score (nSPS) is 19.8. The van der Waals surface area contributed by atoms with Crippen LogP contribution in [0.5, 0.6) is 11.5 Å². The maximum atomic E-state index is 6.35. The summed E-state index contributed by atoms with van der Waals surface area (Å²) in [5, 5.41) is 8.32. The van der Waals surface area contributed by atoms with Crippen molar-refractivity contribution in [1.29, 1.82) is 0 Å². The molecule has 0 N–H and O–H groups in total. The summed E-state index contributed by atoms with van der Waals surface area (Å²) in [5.74, 6) is 1.63. The van der Waals surface area contributed by atoms with Gasteiger partial charge in [0.1, 0.15) is 11.5 Å². The Hall–Kier alpha value is -2.69. The van der Waals surface area contributed by atoms with Crippen molar-refractivity contribution in [3.63, 3.8) is 0 Å². The van der Waals surface area contributed by atoms with Crippen LogP contribution in [0.25, 0.3) is 0 Å². The van der Waals surface area contributed by atoms with E-state index in [-0.39, 0.29) is 12.3 Å². The van der Waals surface area contributed by atoms with Crippen molar-refractivity contribution >= 4 is 28.9 Å². The number of methoxy groups -OCH3 is 1. The van der Waals surface area contributed by atoms with Crippen molar-refractivity contribution in [2.24, 2.45) is 5.10 Å². The van der Waals surface area contributed by atoms with E-state index < -0.39 is 0 Å². The summed E-state index contributed by atoms with van der Waals surface area (Å²) in [7, 11) is 1.67. The van der Waals surface area contributed by atoms with E-state index in [1.807, 2.05) is 71.7 Å². The Kier molecular flexibility index (Phi) is 4.61. The lowest BCUT2D eigenvalue weighted by atomic mass is 9.96. The smallest absolute Gasteiger partial charge is 0.213 e. The van der Waals surface area contributed by atoms with Crippen LogP contribution in [0.4, 0.5) is 0 Å². The molecule has 0 spiro atoms. The van der Waals surface area contributed by atoms with Crippen molar-refractivity contribution in [3.8, 4) is 11.5 Å². The molecule has 29 heavy (non-hydrogen) atoms. The van der Waals surface area contributed by atoms with Crippen molar-refractivity contribution in [2.75, 3.05) is 7.11 Å². The number of fused-ring (bicyclic) bond motifs is 3. The zero-order chi connectivity index (χ0) is 20.0. The number of nitrogens with zero attached hydrogens (tertiary/aromatic N) is 2. The van der Waals surface area contributed by atoms with Gasteiger partial charge in [-0.1, -0.05) is 47.5 Å². The monoisotopic (exact) mass is 424 g/mol. The van der Waals surface area contributed by atoms with Crippen LogP contribution in [-0.2, 0) is 0 Å². The van der Waals surface area contributed by atoms with Gasteiger partial charge in [0.25, 0.3) is 0 Å². The molecule has 0 bridgehead atoms. The minimum atomic E-state index is -0.365. The van der Waals surface area contributed by atoms with Gasteiger partial charge < -0.3 is 9.47 Å². The van der Waals surface area contributed by atoms with Gasteiger partial charge in [0.15, 0.2) is 0 Å². The van der Waals surface area contributed by atoms with Crippen molar-refractivity contribution < 1.29 is 9.47 Å². The zero-order valence-electron chi connectivity index (χ0n) is 15.7. The molecule has 2 heterocycles. The van der Waals surface area contributed by atoms with Gasteiger partial charge in [0, 0.05) is 33.2 Å². The van der Waals surface area contributed by atoms with Gasteiger partial charge >= 0.3 is 0 Å². The number of halogens is 2. The van der Waals surface area contributed by atoms with E-state index >= 15 is 0 Å². The Morgan fingerprint density at radius 3 is 2.66 bits per heavy atom. The topological polar surface area (TPSA) is 34.1 Å². The molecular formula is C23H18Cl2N2O2. The SMILES string of the molecule is COc1cccc(C2=NN3[C@@H](C2)c2cc(Cl)ccc2O[C@H]3c2cccc(Cl)c2)c1. The molecule has 0 amide bonds. The molecule has 146 valence electrons. The van der Waals surface area contributed by atoms with Crippen molar-refractivity contribution in [3.05, 3.63) is 93.5 Å². The molecule has 3 aromatic rings. The Morgan fingerprint density at radius 2 is 1.83 bits per heavy atom. The van der Waals surface area contributed by atoms with Crippen LogP contribution in [0, 0.1) is 0 Å². The lowest BCUT2D eigenvalue weighted by Crippen LogP contribution is -2.33. The molecule has 3 aromatic carbocycles. The van der Waals surface area contributed by atoms with E-state index in [9.17, 15) is 0 Å². The third-order valence-electron chi connectivity index (χ3n) is 5.29. The molecule has 0 aliphatic carbocycles. The fraction of sp³-hybridized carbons (Fsp3) is 0.174.